The molecule has 0 aliphatic rings. The van der Waals surface area contributed by atoms with Crippen molar-refractivity contribution in [2.75, 3.05) is 0 Å². The van der Waals surface area contributed by atoms with Crippen LogP contribution in [0.1, 0.15) is 77.2 Å². The lowest BCUT2D eigenvalue weighted by Crippen LogP contribution is -2.23. The van der Waals surface area contributed by atoms with E-state index in [1.807, 2.05) is 0 Å². The summed E-state index contributed by atoms with van der Waals surface area (Å²) in [6.45, 7) is 3.76. The lowest BCUT2D eigenvalue weighted by Gasteiger charge is -2.24. The molecular weight excluding hydrogens is 270 g/mol. The number of halogens is 2. The second-order valence-corrected chi connectivity index (χ2v) is 6.10. The molecule has 1 atom stereocenters. The highest BCUT2D eigenvalue weighted by atomic mass is 19.2. The van der Waals surface area contributed by atoms with Crippen molar-refractivity contribution >= 4 is 0 Å². The molecule has 0 aromatic heterocycles. The molecule has 0 fully saturated rings. The van der Waals surface area contributed by atoms with Crippen LogP contribution < -0.4 is 0 Å². The van der Waals surface area contributed by atoms with Crippen molar-refractivity contribution in [2.24, 2.45) is 0 Å². The van der Waals surface area contributed by atoms with Crippen LogP contribution >= 0.6 is 0 Å². The van der Waals surface area contributed by atoms with Gasteiger partial charge in [-0.1, -0.05) is 70.4 Å². The van der Waals surface area contributed by atoms with Gasteiger partial charge in [0, 0.05) is 5.56 Å². The van der Waals surface area contributed by atoms with Crippen molar-refractivity contribution in [2.45, 2.75) is 77.2 Å². The first-order valence-corrected chi connectivity index (χ1v) is 8.16. The summed E-state index contributed by atoms with van der Waals surface area (Å²) in [7, 11) is 0. The molecule has 1 aromatic carbocycles. The first-order chi connectivity index (χ1) is 9.99. The lowest BCUT2D eigenvalue weighted by molar-refractivity contribution is 0.0405. The van der Waals surface area contributed by atoms with Crippen LogP contribution in [-0.2, 0) is 5.60 Å². The molecule has 0 saturated carbocycles. The number of rotatable bonds is 10. The summed E-state index contributed by atoms with van der Waals surface area (Å²) in [5, 5.41) is 10.4. The fourth-order valence-electron chi connectivity index (χ4n) is 2.66. The van der Waals surface area contributed by atoms with Crippen LogP contribution in [0.25, 0.3) is 0 Å². The Balaban J connectivity index is 2.31. The summed E-state index contributed by atoms with van der Waals surface area (Å²) < 4.78 is 26.9. The summed E-state index contributed by atoms with van der Waals surface area (Å²) in [5.74, 6) is -1.83. The molecule has 0 amide bonds. The molecule has 0 heterocycles. The van der Waals surface area contributed by atoms with Crippen molar-refractivity contribution in [1.82, 2.24) is 0 Å². The van der Waals surface area contributed by atoms with Crippen molar-refractivity contribution in [1.29, 1.82) is 0 Å². The van der Waals surface area contributed by atoms with E-state index < -0.39 is 17.2 Å². The Hall–Kier alpha value is -0.960. The zero-order chi connectivity index (χ0) is 15.7. The lowest BCUT2D eigenvalue weighted by atomic mass is 9.89. The predicted molar refractivity (Wildman–Crippen MR) is 83.2 cm³/mol. The molecule has 1 rings (SSSR count). The summed E-state index contributed by atoms with van der Waals surface area (Å²) >= 11 is 0. The topological polar surface area (TPSA) is 20.2 Å². The van der Waals surface area contributed by atoms with E-state index in [-0.39, 0.29) is 5.56 Å². The molecule has 3 heteroatoms. The average molecular weight is 298 g/mol. The van der Waals surface area contributed by atoms with Gasteiger partial charge in [-0.3, -0.25) is 0 Å². The smallest absolute Gasteiger partial charge is 0.164 e. The third kappa shape index (κ3) is 6.13. The summed E-state index contributed by atoms with van der Waals surface area (Å²) in [6, 6.07) is 3.98. The minimum atomic E-state index is -1.30. The maximum Gasteiger partial charge on any atom is 0.164 e. The molecule has 1 nitrogen and oxygen atoms in total. The van der Waals surface area contributed by atoms with Gasteiger partial charge in [0.2, 0.25) is 0 Å². The van der Waals surface area contributed by atoms with Gasteiger partial charge in [0.15, 0.2) is 11.6 Å². The molecule has 0 spiro atoms. The van der Waals surface area contributed by atoms with Crippen molar-refractivity contribution in [3.8, 4) is 0 Å². The van der Waals surface area contributed by atoms with E-state index in [2.05, 4.69) is 6.92 Å². The zero-order valence-corrected chi connectivity index (χ0v) is 13.3. The average Bonchev–Trinajstić information content (AvgIpc) is 2.44. The molecule has 1 N–H and O–H groups in total. The monoisotopic (exact) mass is 298 g/mol. The van der Waals surface area contributed by atoms with Gasteiger partial charge in [-0.15, -0.1) is 0 Å². The molecule has 0 saturated heterocycles. The van der Waals surface area contributed by atoms with Crippen LogP contribution in [0.5, 0.6) is 0 Å². The van der Waals surface area contributed by atoms with Crippen LogP contribution in [0.4, 0.5) is 8.78 Å². The first kappa shape index (κ1) is 18.1. The molecule has 1 unspecified atom stereocenters. The summed E-state index contributed by atoms with van der Waals surface area (Å²) in [4.78, 5) is 0. The van der Waals surface area contributed by atoms with Gasteiger partial charge >= 0.3 is 0 Å². The van der Waals surface area contributed by atoms with E-state index in [1.165, 1.54) is 44.2 Å². The molecule has 0 radical (unpaired) electrons. The Labute approximate surface area is 127 Å². The van der Waals surface area contributed by atoms with Gasteiger partial charge in [-0.25, -0.2) is 8.78 Å². The Morgan fingerprint density at radius 2 is 1.52 bits per heavy atom. The fraction of sp³-hybridized carbons (Fsp3) is 0.667. The SMILES string of the molecule is CCCCCCCCCCC(C)(O)c1cccc(F)c1F. The standard InChI is InChI=1S/C18H28F2O/c1-3-4-5-6-7-8-9-10-14-18(2,21)15-12-11-13-16(19)17(15)20/h11-13,21H,3-10,14H2,1-2H3. The van der Waals surface area contributed by atoms with E-state index in [1.54, 1.807) is 6.92 Å². The van der Waals surface area contributed by atoms with Crippen LogP contribution in [0.15, 0.2) is 18.2 Å². The summed E-state index contributed by atoms with van der Waals surface area (Å²) in [6.07, 6.45) is 9.79. The van der Waals surface area contributed by atoms with E-state index in [4.69, 9.17) is 0 Å². The highest BCUT2D eigenvalue weighted by molar-refractivity contribution is 5.24. The predicted octanol–water partition coefficient (Wildman–Crippen LogP) is 5.70. The van der Waals surface area contributed by atoms with Crippen LogP contribution in [0.2, 0.25) is 0 Å². The Morgan fingerprint density at radius 3 is 2.14 bits per heavy atom. The number of hydrogen-bond acceptors (Lipinski definition) is 1. The summed E-state index contributed by atoms with van der Waals surface area (Å²) in [5.41, 5.74) is -1.24. The van der Waals surface area contributed by atoms with Gasteiger partial charge in [0.1, 0.15) is 0 Å². The fourth-order valence-corrected chi connectivity index (χ4v) is 2.66. The molecule has 0 bridgehead atoms. The second-order valence-electron chi connectivity index (χ2n) is 6.10. The third-order valence-electron chi connectivity index (χ3n) is 4.05. The van der Waals surface area contributed by atoms with Gasteiger partial charge in [0.05, 0.1) is 5.60 Å². The third-order valence-corrected chi connectivity index (χ3v) is 4.05. The quantitative estimate of drug-likeness (QED) is 0.549. The maximum atomic E-state index is 13.7. The highest BCUT2D eigenvalue weighted by Gasteiger charge is 2.27. The van der Waals surface area contributed by atoms with E-state index in [9.17, 15) is 13.9 Å². The van der Waals surface area contributed by atoms with E-state index in [0.29, 0.717) is 6.42 Å². The zero-order valence-electron chi connectivity index (χ0n) is 13.3. The molecular formula is C18H28F2O. The Kier molecular flexibility index (Phi) is 7.87. The molecule has 1 aromatic rings. The van der Waals surface area contributed by atoms with Crippen LogP contribution in [0, 0.1) is 11.6 Å². The molecule has 0 aliphatic heterocycles. The number of benzene rings is 1. The molecule has 21 heavy (non-hydrogen) atoms. The van der Waals surface area contributed by atoms with Gasteiger partial charge < -0.3 is 5.11 Å². The van der Waals surface area contributed by atoms with Crippen molar-refractivity contribution in [3.63, 3.8) is 0 Å². The Morgan fingerprint density at radius 1 is 0.952 bits per heavy atom. The van der Waals surface area contributed by atoms with Gasteiger partial charge in [0.25, 0.3) is 0 Å². The van der Waals surface area contributed by atoms with Crippen LogP contribution in [0.3, 0.4) is 0 Å². The Bertz CT molecular complexity index is 416. The largest absolute Gasteiger partial charge is 0.385 e. The molecule has 0 aliphatic carbocycles. The van der Waals surface area contributed by atoms with Crippen LogP contribution in [-0.4, -0.2) is 5.11 Å². The van der Waals surface area contributed by atoms with Crippen molar-refractivity contribution in [3.05, 3.63) is 35.4 Å². The highest BCUT2D eigenvalue weighted by Crippen LogP contribution is 2.30. The minimum Gasteiger partial charge on any atom is -0.385 e. The van der Waals surface area contributed by atoms with E-state index >= 15 is 0 Å². The van der Waals surface area contributed by atoms with E-state index in [0.717, 1.165) is 25.3 Å². The number of unbranched alkanes of at least 4 members (excludes halogenated alkanes) is 7. The second kappa shape index (κ2) is 9.14. The minimum absolute atomic E-state index is 0.0606. The maximum absolute atomic E-state index is 13.7. The van der Waals surface area contributed by atoms with Gasteiger partial charge in [-0.2, -0.15) is 0 Å². The molecule has 120 valence electrons. The number of hydrogen-bond donors (Lipinski definition) is 1. The van der Waals surface area contributed by atoms with Gasteiger partial charge in [-0.05, 0) is 19.4 Å². The van der Waals surface area contributed by atoms with Crippen molar-refractivity contribution < 1.29 is 13.9 Å². The normalized spacial score (nSPS) is 14.1. The first-order valence-electron chi connectivity index (χ1n) is 8.16. The number of aliphatic hydroxyl groups is 1.